The van der Waals surface area contributed by atoms with Gasteiger partial charge in [-0.3, -0.25) is 0 Å². The fourth-order valence-corrected chi connectivity index (χ4v) is 4.84. The highest BCUT2D eigenvalue weighted by Crippen LogP contribution is 2.53. The van der Waals surface area contributed by atoms with Crippen LogP contribution in [0.2, 0.25) is 0 Å². The molecule has 4 aliphatic carbocycles. The van der Waals surface area contributed by atoms with Crippen LogP contribution in [0, 0.1) is 40.9 Å². The molecule has 4 nitrogen and oxygen atoms in total. The summed E-state index contributed by atoms with van der Waals surface area (Å²) >= 11 is 0. The zero-order chi connectivity index (χ0) is 14.3. The maximum absolute atomic E-state index is 12.1. The van der Waals surface area contributed by atoms with Crippen LogP contribution < -0.4 is 10.6 Å². The Morgan fingerprint density at radius 2 is 1.65 bits per heavy atom. The fraction of sp³-hybridized carbons (Fsp3) is 0.875. The van der Waals surface area contributed by atoms with Crippen LogP contribution in [0.1, 0.15) is 46.0 Å². The lowest BCUT2D eigenvalue weighted by Gasteiger charge is -2.54. The summed E-state index contributed by atoms with van der Waals surface area (Å²) in [4.78, 5) is 12.1. The third-order valence-electron chi connectivity index (χ3n) is 5.62. The summed E-state index contributed by atoms with van der Waals surface area (Å²) in [5.74, 6) is 3.33. The van der Waals surface area contributed by atoms with Gasteiger partial charge in [-0.2, -0.15) is 5.26 Å². The molecule has 0 aromatic heterocycles. The van der Waals surface area contributed by atoms with E-state index in [0.29, 0.717) is 17.9 Å². The van der Waals surface area contributed by atoms with Crippen molar-refractivity contribution in [1.82, 2.24) is 10.6 Å². The number of rotatable bonds is 3. The van der Waals surface area contributed by atoms with Crippen LogP contribution in [-0.4, -0.2) is 18.1 Å². The monoisotopic (exact) mass is 275 g/mol. The Labute approximate surface area is 121 Å². The first-order chi connectivity index (χ1) is 9.56. The predicted octanol–water partition coefficient (Wildman–Crippen LogP) is 2.66. The van der Waals surface area contributed by atoms with E-state index in [1.165, 1.54) is 32.1 Å². The van der Waals surface area contributed by atoms with Crippen LogP contribution in [0.5, 0.6) is 0 Å². The fourth-order valence-electron chi connectivity index (χ4n) is 4.84. The van der Waals surface area contributed by atoms with E-state index in [2.05, 4.69) is 16.7 Å². The lowest BCUT2D eigenvalue weighted by molar-refractivity contribution is -0.00950. The van der Waals surface area contributed by atoms with Crippen molar-refractivity contribution in [3.05, 3.63) is 0 Å². The van der Waals surface area contributed by atoms with Crippen LogP contribution in [0.4, 0.5) is 4.79 Å². The number of urea groups is 1. The van der Waals surface area contributed by atoms with Gasteiger partial charge in [0.15, 0.2) is 0 Å². The minimum Gasteiger partial charge on any atom is -0.335 e. The summed E-state index contributed by atoms with van der Waals surface area (Å²) in [5, 5.41) is 15.1. The summed E-state index contributed by atoms with van der Waals surface area (Å²) in [6.07, 6.45) is 6.61. The third kappa shape index (κ3) is 2.51. The van der Waals surface area contributed by atoms with Crippen molar-refractivity contribution < 1.29 is 4.79 Å². The first-order valence-electron chi connectivity index (χ1n) is 8.03. The van der Waals surface area contributed by atoms with Gasteiger partial charge in [-0.05, 0) is 61.7 Å². The average Bonchev–Trinajstić information content (AvgIpc) is 2.39. The number of carbonyl (C=O) groups is 1. The molecule has 2 amide bonds. The molecule has 1 atom stereocenters. The maximum Gasteiger partial charge on any atom is 0.316 e. The largest absolute Gasteiger partial charge is 0.335 e. The van der Waals surface area contributed by atoms with E-state index >= 15 is 0 Å². The number of nitrogens with zero attached hydrogens (tertiary/aromatic N) is 1. The van der Waals surface area contributed by atoms with Crippen molar-refractivity contribution in [3.63, 3.8) is 0 Å². The molecular formula is C16H25N3O. The standard InChI is InChI=1S/C16H25N3O/c1-9(2)14(8-17)18-16(20)19-15-12-4-10-3-11(6-12)7-13(15)5-10/h9-15H,3-7H2,1-2H3,(H2,18,19,20). The van der Waals surface area contributed by atoms with Crippen LogP contribution in [0.25, 0.3) is 0 Å². The van der Waals surface area contributed by atoms with Gasteiger partial charge in [0.25, 0.3) is 0 Å². The van der Waals surface area contributed by atoms with E-state index < -0.39 is 6.04 Å². The number of hydrogen-bond donors (Lipinski definition) is 2. The highest BCUT2D eigenvalue weighted by Gasteiger charge is 2.48. The molecule has 110 valence electrons. The van der Waals surface area contributed by atoms with Gasteiger partial charge in [0.05, 0.1) is 6.07 Å². The van der Waals surface area contributed by atoms with Crippen molar-refractivity contribution in [3.8, 4) is 6.07 Å². The van der Waals surface area contributed by atoms with E-state index in [-0.39, 0.29) is 11.9 Å². The lowest BCUT2D eigenvalue weighted by Crippen LogP contribution is -2.58. The van der Waals surface area contributed by atoms with E-state index in [9.17, 15) is 4.79 Å². The summed E-state index contributed by atoms with van der Waals surface area (Å²) in [6, 6.07) is 1.96. The minimum absolute atomic E-state index is 0.143. The number of amides is 2. The van der Waals surface area contributed by atoms with Crippen LogP contribution in [0.3, 0.4) is 0 Å². The minimum atomic E-state index is -0.396. The second kappa shape index (κ2) is 5.27. The van der Waals surface area contributed by atoms with Gasteiger partial charge >= 0.3 is 6.03 Å². The predicted molar refractivity (Wildman–Crippen MR) is 76.7 cm³/mol. The summed E-state index contributed by atoms with van der Waals surface area (Å²) < 4.78 is 0. The molecule has 20 heavy (non-hydrogen) atoms. The second-order valence-electron chi connectivity index (χ2n) is 7.43. The van der Waals surface area contributed by atoms with Gasteiger partial charge in [-0.15, -0.1) is 0 Å². The molecule has 0 spiro atoms. The topological polar surface area (TPSA) is 64.9 Å². The molecule has 0 aliphatic heterocycles. The number of carbonyl (C=O) groups excluding carboxylic acids is 1. The quantitative estimate of drug-likeness (QED) is 0.831. The summed E-state index contributed by atoms with van der Waals surface area (Å²) in [6.45, 7) is 3.91. The zero-order valence-corrected chi connectivity index (χ0v) is 12.4. The van der Waals surface area contributed by atoms with Crippen molar-refractivity contribution in [2.75, 3.05) is 0 Å². The van der Waals surface area contributed by atoms with Crippen molar-refractivity contribution in [1.29, 1.82) is 5.26 Å². The van der Waals surface area contributed by atoms with Crippen LogP contribution >= 0.6 is 0 Å². The van der Waals surface area contributed by atoms with Gasteiger partial charge in [0.2, 0.25) is 0 Å². The van der Waals surface area contributed by atoms with Gasteiger partial charge in [-0.1, -0.05) is 13.8 Å². The van der Waals surface area contributed by atoms with E-state index in [1.807, 2.05) is 13.8 Å². The van der Waals surface area contributed by atoms with E-state index in [0.717, 1.165) is 11.8 Å². The Bertz CT molecular complexity index is 398. The highest BCUT2D eigenvalue weighted by atomic mass is 16.2. The first kappa shape index (κ1) is 13.7. The highest BCUT2D eigenvalue weighted by molar-refractivity contribution is 5.75. The molecule has 0 aromatic carbocycles. The van der Waals surface area contributed by atoms with Gasteiger partial charge in [-0.25, -0.2) is 4.79 Å². The Hall–Kier alpha value is -1.24. The van der Waals surface area contributed by atoms with Gasteiger partial charge in [0.1, 0.15) is 6.04 Å². The van der Waals surface area contributed by atoms with Crippen molar-refractivity contribution in [2.45, 2.75) is 58.0 Å². The smallest absolute Gasteiger partial charge is 0.316 e. The summed E-state index contributed by atoms with van der Waals surface area (Å²) in [7, 11) is 0. The van der Waals surface area contributed by atoms with Gasteiger partial charge < -0.3 is 10.6 Å². The molecule has 1 unspecified atom stereocenters. The Morgan fingerprint density at radius 1 is 1.10 bits per heavy atom. The molecular weight excluding hydrogens is 250 g/mol. The Morgan fingerprint density at radius 3 is 2.10 bits per heavy atom. The van der Waals surface area contributed by atoms with Gasteiger partial charge in [0, 0.05) is 6.04 Å². The maximum atomic E-state index is 12.1. The SMILES string of the molecule is CC(C)C(C#N)NC(=O)NC1C2CC3CC(C2)CC1C3. The van der Waals surface area contributed by atoms with Crippen molar-refractivity contribution in [2.24, 2.45) is 29.6 Å². The third-order valence-corrected chi connectivity index (χ3v) is 5.62. The Kier molecular flexibility index (Phi) is 3.62. The average molecular weight is 275 g/mol. The molecule has 2 N–H and O–H groups in total. The molecule has 4 rings (SSSR count). The Balaban J connectivity index is 1.58. The van der Waals surface area contributed by atoms with Crippen LogP contribution in [-0.2, 0) is 0 Å². The molecule has 0 radical (unpaired) electrons. The molecule has 0 aromatic rings. The summed E-state index contributed by atoms with van der Waals surface area (Å²) in [5.41, 5.74) is 0. The first-order valence-corrected chi connectivity index (χ1v) is 8.03. The molecule has 4 fully saturated rings. The van der Waals surface area contributed by atoms with Crippen molar-refractivity contribution >= 4 is 6.03 Å². The van der Waals surface area contributed by atoms with Crippen LogP contribution in [0.15, 0.2) is 0 Å². The molecule has 0 saturated heterocycles. The van der Waals surface area contributed by atoms with E-state index in [4.69, 9.17) is 5.26 Å². The number of nitrogens with one attached hydrogen (secondary N) is 2. The number of nitriles is 1. The lowest BCUT2D eigenvalue weighted by atomic mass is 9.54. The molecule has 0 heterocycles. The molecule has 4 heteroatoms. The normalized spacial score (nSPS) is 39.4. The molecule has 4 saturated carbocycles. The molecule has 4 bridgehead atoms. The molecule has 4 aliphatic rings. The van der Waals surface area contributed by atoms with E-state index in [1.54, 1.807) is 0 Å². The zero-order valence-electron chi connectivity index (χ0n) is 12.4. The number of hydrogen-bond acceptors (Lipinski definition) is 2. The second-order valence-corrected chi connectivity index (χ2v) is 7.43.